The third-order valence-electron chi connectivity index (χ3n) is 4.01. The molecule has 0 fully saturated rings. The Bertz CT molecular complexity index is 648. The molecule has 2 aromatic carbocycles. The summed E-state index contributed by atoms with van der Waals surface area (Å²) in [7, 11) is 0. The van der Waals surface area contributed by atoms with Crippen molar-refractivity contribution in [2.75, 3.05) is 11.2 Å². The van der Waals surface area contributed by atoms with Gasteiger partial charge in [-0.1, -0.05) is 32.9 Å². The molecule has 0 aliphatic heterocycles. The summed E-state index contributed by atoms with van der Waals surface area (Å²) in [5.74, 6) is 1.22. The molecule has 1 amide bonds. The zero-order chi connectivity index (χ0) is 16.9. The van der Waals surface area contributed by atoms with Gasteiger partial charge in [0.25, 0.3) is 0 Å². The van der Waals surface area contributed by atoms with Gasteiger partial charge in [-0.25, -0.2) is 0 Å². The van der Waals surface area contributed by atoms with Crippen molar-refractivity contribution in [2.45, 2.75) is 32.6 Å². The van der Waals surface area contributed by atoms with Crippen LogP contribution in [0.1, 0.15) is 32.8 Å². The highest BCUT2D eigenvalue weighted by Crippen LogP contribution is 2.29. The summed E-state index contributed by atoms with van der Waals surface area (Å²) < 4.78 is 5.83. The topological polar surface area (TPSA) is 38.3 Å². The molecule has 0 saturated heterocycles. The maximum Gasteiger partial charge on any atom is 0.239 e. The first-order chi connectivity index (χ1) is 10.9. The second kappa shape index (κ2) is 7.51. The quantitative estimate of drug-likeness (QED) is 0.725. The number of benzene rings is 2. The van der Waals surface area contributed by atoms with E-state index in [1.54, 1.807) is 12.1 Å². The molecule has 3 nitrogen and oxygen atoms in total. The maximum absolute atomic E-state index is 11.2. The number of carbonyl (C=O) groups excluding carboxylic acids is 1. The molecule has 0 aliphatic rings. The van der Waals surface area contributed by atoms with E-state index in [0.29, 0.717) is 5.69 Å². The number of hydrogen-bond acceptors (Lipinski definition) is 2. The molecular weight excluding hydrogens is 310 g/mol. The van der Waals surface area contributed by atoms with E-state index in [0.717, 1.165) is 17.9 Å². The molecule has 2 aromatic rings. The van der Waals surface area contributed by atoms with Crippen LogP contribution in [0.15, 0.2) is 48.5 Å². The van der Waals surface area contributed by atoms with E-state index >= 15 is 0 Å². The molecule has 0 aliphatic carbocycles. The fourth-order valence-electron chi connectivity index (χ4n) is 2.12. The number of alkyl halides is 1. The molecule has 122 valence electrons. The summed E-state index contributed by atoms with van der Waals surface area (Å²) in [6.45, 7) is 6.66. The van der Waals surface area contributed by atoms with Crippen LogP contribution in [0.4, 0.5) is 5.69 Å². The number of ether oxygens (including phenoxy) is 1. The van der Waals surface area contributed by atoms with Gasteiger partial charge >= 0.3 is 0 Å². The van der Waals surface area contributed by atoms with Crippen molar-refractivity contribution in [2.24, 2.45) is 0 Å². The Balaban J connectivity index is 2.03. The summed E-state index contributed by atoms with van der Waals surface area (Å²) in [6.07, 6.45) is 1.09. The molecule has 0 heterocycles. The number of hydrogen-bond donors (Lipinski definition) is 1. The van der Waals surface area contributed by atoms with E-state index in [1.165, 1.54) is 5.56 Å². The minimum absolute atomic E-state index is 0.0568. The van der Waals surface area contributed by atoms with Crippen molar-refractivity contribution < 1.29 is 9.53 Å². The van der Waals surface area contributed by atoms with Gasteiger partial charge in [-0.05, 0) is 53.8 Å². The van der Waals surface area contributed by atoms with Crippen molar-refractivity contribution in [3.05, 3.63) is 54.1 Å². The number of anilines is 1. The molecule has 0 bridgehead atoms. The smallest absolute Gasteiger partial charge is 0.239 e. The SMILES string of the molecule is CCC(C)(C)c1ccc(Oc2ccc(NC(=O)CCl)cc2)cc1. The molecule has 0 radical (unpaired) electrons. The molecule has 0 unspecified atom stereocenters. The Morgan fingerprint density at radius 1 is 1.04 bits per heavy atom. The van der Waals surface area contributed by atoms with Crippen molar-refractivity contribution >= 4 is 23.2 Å². The van der Waals surface area contributed by atoms with Gasteiger partial charge in [-0.2, -0.15) is 0 Å². The van der Waals surface area contributed by atoms with Crippen LogP contribution >= 0.6 is 11.6 Å². The van der Waals surface area contributed by atoms with Gasteiger partial charge in [0.1, 0.15) is 17.4 Å². The Labute approximate surface area is 142 Å². The largest absolute Gasteiger partial charge is 0.457 e. The predicted molar refractivity (Wildman–Crippen MR) is 95.6 cm³/mol. The number of amides is 1. The van der Waals surface area contributed by atoms with Gasteiger partial charge in [-0.3, -0.25) is 4.79 Å². The standard InChI is InChI=1S/C19H22ClNO2/c1-4-19(2,3)14-5-9-16(10-6-14)23-17-11-7-15(8-12-17)21-18(22)13-20/h5-12H,4,13H2,1-3H3,(H,21,22). The average Bonchev–Trinajstić information content (AvgIpc) is 2.57. The fraction of sp³-hybridized carbons (Fsp3) is 0.316. The highest BCUT2D eigenvalue weighted by Gasteiger charge is 2.17. The summed E-state index contributed by atoms with van der Waals surface area (Å²) in [4.78, 5) is 11.2. The summed E-state index contributed by atoms with van der Waals surface area (Å²) in [6, 6.07) is 15.4. The van der Waals surface area contributed by atoms with Gasteiger partial charge in [0.2, 0.25) is 5.91 Å². The first-order valence-corrected chi connectivity index (χ1v) is 8.22. The van der Waals surface area contributed by atoms with Crippen molar-refractivity contribution in [1.82, 2.24) is 0 Å². The zero-order valence-corrected chi connectivity index (χ0v) is 14.5. The molecule has 0 saturated carbocycles. The lowest BCUT2D eigenvalue weighted by atomic mass is 9.82. The van der Waals surface area contributed by atoms with Crippen LogP contribution in [0.2, 0.25) is 0 Å². The molecule has 1 N–H and O–H groups in total. The van der Waals surface area contributed by atoms with Crippen LogP contribution in [0, 0.1) is 0 Å². The van der Waals surface area contributed by atoms with Crippen LogP contribution in [0.3, 0.4) is 0 Å². The van der Waals surface area contributed by atoms with Crippen molar-refractivity contribution in [3.8, 4) is 11.5 Å². The van der Waals surface area contributed by atoms with E-state index in [9.17, 15) is 4.79 Å². The zero-order valence-electron chi connectivity index (χ0n) is 13.7. The lowest BCUT2D eigenvalue weighted by molar-refractivity contribution is -0.113. The van der Waals surface area contributed by atoms with Crippen LogP contribution in [0.5, 0.6) is 11.5 Å². The molecule has 0 spiro atoms. The minimum atomic E-state index is -0.227. The van der Waals surface area contributed by atoms with E-state index in [1.807, 2.05) is 24.3 Å². The van der Waals surface area contributed by atoms with Crippen LogP contribution in [-0.2, 0) is 10.2 Å². The summed E-state index contributed by atoms with van der Waals surface area (Å²) >= 11 is 5.46. The number of rotatable bonds is 6. The van der Waals surface area contributed by atoms with E-state index in [-0.39, 0.29) is 17.2 Å². The van der Waals surface area contributed by atoms with Gasteiger partial charge in [0.15, 0.2) is 0 Å². The first kappa shape index (κ1) is 17.4. The lowest BCUT2D eigenvalue weighted by Crippen LogP contribution is -2.14. The van der Waals surface area contributed by atoms with Gasteiger partial charge < -0.3 is 10.1 Å². The normalized spacial score (nSPS) is 11.1. The Morgan fingerprint density at radius 3 is 2.04 bits per heavy atom. The molecule has 23 heavy (non-hydrogen) atoms. The summed E-state index contributed by atoms with van der Waals surface area (Å²) in [5.41, 5.74) is 2.16. The number of halogens is 1. The van der Waals surface area contributed by atoms with Crippen LogP contribution in [0.25, 0.3) is 0 Å². The molecule has 0 atom stereocenters. The maximum atomic E-state index is 11.2. The molecule has 4 heteroatoms. The van der Waals surface area contributed by atoms with Gasteiger partial charge in [0, 0.05) is 5.69 Å². The van der Waals surface area contributed by atoms with Gasteiger partial charge in [0.05, 0.1) is 0 Å². The first-order valence-electron chi connectivity index (χ1n) is 7.69. The Morgan fingerprint density at radius 2 is 1.57 bits per heavy atom. The Hall–Kier alpha value is -2.00. The van der Waals surface area contributed by atoms with Gasteiger partial charge in [-0.15, -0.1) is 11.6 Å². The van der Waals surface area contributed by atoms with Crippen molar-refractivity contribution in [3.63, 3.8) is 0 Å². The van der Waals surface area contributed by atoms with E-state index in [4.69, 9.17) is 16.3 Å². The molecular formula is C19H22ClNO2. The Kier molecular flexibility index (Phi) is 5.67. The highest BCUT2D eigenvalue weighted by atomic mass is 35.5. The molecule has 0 aromatic heterocycles. The number of carbonyl (C=O) groups is 1. The predicted octanol–water partition coefficient (Wildman–Crippen LogP) is 5.34. The monoisotopic (exact) mass is 331 g/mol. The third kappa shape index (κ3) is 4.73. The molecule has 2 rings (SSSR count). The van der Waals surface area contributed by atoms with Crippen molar-refractivity contribution in [1.29, 1.82) is 0 Å². The van der Waals surface area contributed by atoms with E-state index in [2.05, 4.69) is 38.2 Å². The third-order valence-corrected chi connectivity index (χ3v) is 4.26. The van der Waals surface area contributed by atoms with E-state index < -0.39 is 0 Å². The fourth-order valence-corrected chi connectivity index (χ4v) is 2.18. The number of nitrogens with one attached hydrogen (secondary N) is 1. The second-order valence-corrected chi connectivity index (χ2v) is 6.34. The second-order valence-electron chi connectivity index (χ2n) is 6.07. The van der Waals surface area contributed by atoms with Crippen LogP contribution in [-0.4, -0.2) is 11.8 Å². The van der Waals surface area contributed by atoms with Crippen LogP contribution < -0.4 is 10.1 Å². The lowest BCUT2D eigenvalue weighted by Gasteiger charge is -2.23. The average molecular weight is 332 g/mol. The summed E-state index contributed by atoms with van der Waals surface area (Å²) in [5, 5.41) is 2.69. The highest BCUT2D eigenvalue weighted by molar-refractivity contribution is 6.29. The minimum Gasteiger partial charge on any atom is -0.457 e.